The Kier molecular flexibility index (Phi) is 9.61. The van der Waals surface area contributed by atoms with Gasteiger partial charge in [-0.2, -0.15) is 5.10 Å². The minimum absolute atomic E-state index is 0.114. The van der Waals surface area contributed by atoms with Crippen molar-refractivity contribution in [1.82, 2.24) is 5.43 Å². The molecule has 0 aliphatic carbocycles. The van der Waals surface area contributed by atoms with Crippen molar-refractivity contribution in [2.24, 2.45) is 5.10 Å². The van der Waals surface area contributed by atoms with Crippen LogP contribution in [-0.2, 0) is 11.4 Å². The fourth-order valence-corrected chi connectivity index (χ4v) is 6.96. The molecule has 1 aliphatic rings. The molecule has 0 unspecified atom stereocenters. The van der Waals surface area contributed by atoms with Gasteiger partial charge in [-0.1, -0.05) is 42.5 Å². The van der Waals surface area contributed by atoms with Gasteiger partial charge < -0.3 is 14.2 Å². The molecular formula is C26H25IN2O4S2. The molecule has 1 heterocycles. The Bertz CT molecular complexity index is 1150. The fraction of sp³-hybridized carbons (Fsp3) is 0.231. The normalized spacial score (nSPS) is 13.7. The summed E-state index contributed by atoms with van der Waals surface area (Å²) in [5.41, 5.74) is 5.63. The monoisotopic (exact) mass is 620 g/mol. The molecule has 0 aromatic heterocycles. The number of benzene rings is 3. The Morgan fingerprint density at radius 3 is 2.54 bits per heavy atom. The van der Waals surface area contributed by atoms with Gasteiger partial charge in [0.15, 0.2) is 18.1 Å². The zero-order chi connectivity index (χ0) is 24.5. The second kappa shape index (κ2) is 13.1. The molecule has 1 fully saturated rings. The molecule has 0 radical (unpaired) electrons. The Morgan fingerprint density at radius 1 is 1.09 bits per heavy atom. The number of hydrazone groups is 1. The van der Waals surface area contributed by atoms with Crippen LogP contribution in [0.5, 0.6) is 17.2 Å². The molecule has 1 saturated heterocycles. The summed E-state index contributed by atoms with van der Waals surface area (Å²) in [6.45, 7) is 0.328. The number of hydrogen-bond donors (Lipinski definition) is 1. The van der Waals surface area contributed by atoms with E-state index in [9.17, 15) is 4.79 Å². The molecule has 0 atom stereocenters. The number of hydrogen-bond acceptors (Lipinski definition) is 7. The highest BCUT2D eigenvalue weighted by atomic mass is 127. The van der Waals surface area contributed by atoms with E-state index in [2.05, 4.69) is 45.3 Å². The maximum atomic E-state index is 12.1. The number of thioether (sulfide) groups is 2. The first kappa shape index (κ1) is 25.7. The van der Waals surface area contributed by atoms with E-state index in [4.69, 9.17) is 14.2 Å². The van der Waals surface area contributed by atoms with Crippen LogP contribution in [0.1, 0.15) is 21.3 Å². The van der Waals surface area contributed by atoms with Crippen LogP contribution in [0.15, 0.2) is 71.8 Å². The van der Waals surface area contributed by atoms with E-state index in [1.807, 2.05) is 78.1 Å². The van der Waals surface area contributed by atoms with Crippen LogP contribution in [0.3, 0.4) is 0 Å². The van der Waals surface area contributed by atoms with Crippen molar-refractivity contribution in [2.45, 2.75) is 11.2 Å². The SMILES string of the molecule is COc1cc(/C=N\NC(=O)COc2ccc(C3SCCS3)cc2)cc(I)c1OCc1ccccc1. The molecule has 9 heteroatoms. The van der Waals surface area contributed by atoms with Gasteiger partial charge in [-0.3, -0.25) is 4.79 Å². The lowest BCUT2D eigenvalue weighted by Crippen LogP contribution is -2.24. The van der Waals surface area contributed by atoms with Gasteiger partial charge in [0.1, 0.15) is 12.4 Å². The summed E-state index contributed by atoms with van der Waals surface area (Å²) in [4.78, 5) is 12.1. The summed E-state index contributed by atoms with van der Waals surface area (Å²) in [6.07, 6.45) is 1.56. The average Bonchev–Trinajstić information content (AvgIpc) is 3.42. The smallest absolute Gasteiger partial charge is 0.277 e. The molecule has 182 valence electrons. The van der Waals surface area contributed by atoms with Gasteiger partial charge in [0.25, 0.3) is 5.91 Å². The minimum Gasteiger partial charge on any atom is -0.493 e. The summed E-state index contributed by atoms with van der Waals surface area (Å²) in [5.74, 6) is 3.96. The first-order valence-corrected chi connectivity index (χ1v) is 14.1. The van der Waals surface area contributed by atoms with Crippen LogP contribution in [0.2, 0.25) is 0 Å². The van der Waals surface area contributed by atoms with Crippen LogP contribution in [0, 0.1) is 3.57 Å². The van der Waals surface area contributed by atoms with Crippen molar-refractivity contribution in [3.63, 3.8) is 0 Å². The van der Waals surface area contributed by atoms with E-state index < -0.39 is 0 Å². The summed E-state index contributed by atoms with van der Waals surface area (Å²) in [5, 5.41) is 4.05. The van der Waals surface area contributed by atoms with Crippen molar-refractivity contribution in [1.29, 1.82) is 0 Å². The molecule has 35 heavy (non-hydrogen) atoms. The highest BCUT2D eigenvalue weighted by Crippen LogP contribution is 2.45. The number of nitrogens with one attached hydrogen (secondary N) is 1. The van der Waals surface area contributed by atoms with E-state index in [1.165, 1.54) is 17.1 Å². The van der Waals surface area contributed by atoms with Crippen molar-refractivity contribution >= 4 is 58.2 Å². The molecule has 0 bridgehead atoms. The van der Waals surface area contributed by atoms with Gasteiger partial charge >= 0.3 is 0 Å². The predicted octanol–water partition coefficient (Wildman–Crippen LogP) is 5.89. The maximum Gasteiger partial charge on any atom is 0.277 e. The highest BCUT2D eigenvalue weighted by Gasteiger charge is 2.18. The Hall–Kier alpha value is -2.37. The quantitative estimate of drug-likeness (QED) is 0.173. The molecular weight excluding hydrogens is 595 g/mol. The average molecular weight is 621 g/mol. The van der Waals surface area contributed by atoms with Crippen LogP contribution in [0.4, 0.5) is 0 Å². The van der Waals surface area contributed by atoms with Crippen LogP contribution in [-0.4, -0.2) is 37.3 Å². The Morgan fingerprint density at radius 2 is 1.83 bits per heavy atom. The molecule has 6 nitrogen and oxygen atoms in total. The number of halogens is 1. The van der Waals surface area contributed by atoms with Gasteiger partial charge in [0.05, 0.1) is 21.5 Å². The molecule has 0 spiro atoms. The molecule has 1 aliphatic heterocycles. The third-order valence-electron chi connectivity index (χ3n) is 5.02. The molecule has 3 aromatic carbocycles. The number of methoxy groups -OCH3 is 1. The summed E-state index contributed by atoms with van der Waals surface area (Å²) in [7, 11) is 1.60. The molecule has 1 amide bonds. The van der Waals surface area contributed by atoms with Gasteiger partial charge in [-0.25, -0.2) is 5.43 Å². The van der Waals surface area contributed by atoms with Crippen molar-refractivity contribution in [3.8, 4) is 17.2 Å². The van der Waals surface area contributed by atoms with Crippen LogP contribution < -0.4 is 19.6 Å². The van der Waals surface area contributed by atoms with Gasteiger partial charge in [0, 0.05) is 11.5 Å². The zero-order valence-corrected chi connectivity index (χ0v) is 22.9. The highest BCUT2D eigenvalue weighted by molar-refractivity contribution is 14.1. The largest absolute Gasteiger partial charge is 0.493 e. The topological polar surface area (TPSA) is 69.2 Å². The van der Waals surface area contributed by atoms with Crippen molar-refractivity contribution in [3.05, 3.63) is 87.0 Å². The number of carbonyl (C=O) groups is 1. The fourth-order valence-electron chi connectivity index (χ4n) is 3.32. The van der Waals surface area contributed by atoms with Gasteiger partial charge in [-0.05, 0) is 63.5 Å². The first-order chi connectivity index (χ1) is 17.1. The Balaban J connectivity index is 1.27. The standard InChI is InChI=1S/C26H25IN2O4S2/c1-31-23-14-19(13-22(27)25(23)33-16-18-5-3-2-4-6-18)15-28-29-24(30)17-32-21-9-7-20(8-10-21)26-34-11-12-35-26/h2-10,13-15,26H,11-12,16-17H2,1H3,(H,29,30)/b28-15-. The minimum atomic E-state index is -0.336. The predicted molar refractivity (Wildman–Crippen MR) is 152 cm³/mol. The van der Waals surface area contributed by atoms with E-state index in [0.717, 1.165) is 14.7 Å². The first-order valence-electron chi connectivity index (χ1n) is 10.9. The lowest BCUT2D eigenvalue weighted by atomic mass is 10.2. The van der Waals surface area contributed by atoms with Gasteiger partial charge in [-0.15, -0.1) is 23.5 Å². The van der Waals surface area contributed by atoms with E-state index in [0.29, 0.717) is 28.4 Å². The molecule has 3 aromatic rings. The second-order valence-corrected chi connectivity index (χ2v) is 11.4. The zero-order valence-electron chi connectivity index (χ0n) is 19.1. The maximum absolute atomic E-state index is 12.1. The third kappa shape index (κ3) is 7.55. The lowest BCUT2D eigenvalue weighted by molar-refractivity contribution is -0.123. The number of rotatable bonds is 10. The second-order valence-electron chi connectivity index (χ2n) is 7.53. The van der Waals surface area contributed by atoms with Crippen molar-refractivity contribution < 1.29 is 19.0 Å². The molecule has 1 N–H and O–H groups in total. The van der Waals surface area contributed by atoms with Crippen LogP contribution >= 0.6 is 46.1 Å². The van der Waals surface area contributed by atoms with Crippen LogP contribution in [0.25, 0.3) is 0 Å². The molecule has 4 rings (SSSR count). The van der Waals surface area contributed by atoms with Crippen molar-refractivity contribution in [2.75, 3.05) is 25.2 Å². The third-order valence-corrected chi connectivity index (χ3v) is 8.93. The summed E-state index contributed by atoms with van der Waals surface area (Å²) >= 11 is 6.12. The number of carbonyl (C=O) groups excluding carboxylic acids is 1. The van der Waals surface area contributed by atoms with E-state index in [-0.39, 0.29) is 12.5 Å². The number of amides is 1. The van der Waals surface area contributed by atoms with E-state index >= 15 is 0 Å². The number of ether oxygens (including phenoxy) is 3. The van der Waals surface area contributed by atoms with E-state index in [1.54, 1.807) is 13.3 Å². The Labute approximate surface area is 227 Å². The van der Waals surface area contributed by atoms with Gasteiger partial charge in [0.2, 0.25) is 0 Å². The summed E-state index contributed by atoms with van der Waals surface area (Å²) < 4.78 is 18.5. The molecule has 0 saturated carbocycles. The lowest BCUT2D eigenvalue weighted by Gasteiger charge is -2.13. The summed E-state index contributed by atoms with van der Waals surface area (Å²) in [6, 6.07) is 21.6. The number of nitrogens with zero attached hydrogens (tertiary/aromatic N) is 1.